The van der Waals surface area contributed by atoms with E-state index < -0.39 is 5.97 Å². The van der Waals surface area contributed by atoms with Crippen molar-refractivity contribution in [2.45, 2.75) is 32.2 Å². The highest BCUT2D eigenvalue weighted by Crippen LogP contribution is 2.37. The summed E-state index contributed by atoms with van der Waals surface area (Å²) in [6.07, 6.45) is 4.10. The van der Waals surface area contributed by atoms with Gasteiger partial charge in [-0.25, -0.2) is 0 Å². The summed E-state index contributed by atoms with van der Waals surface area (Å²) >= 11 is 3.39. The summed E-state index contributed by atoms with van der Waals surface area (Å²) in [5, 5.41) is 8.72. The quantitative estimate of drug-likeness (QED) is 0.872. The highest BCUT2D eigenvalue weighted by Gasteiger charge is 2.29. The molecule has 0 bridgehead atoms. The second kappa shape index (κ2) is 5.77. The van der Waals surface area contributed by atoms with Crippen molar-refractivity contribution in [3.63, 3.8) is 0 Å². The number of aliphatic carboxylic acids is 1. The maximum atomic E-state index is 12.4. The lowest BCUT2D eigenvalue weighted by molar-refractivity contribution is -0.137. The van der Waals surface area contributed by atoms with Crippen molar-refractivity contribution in [2.24, 2.45) is 0 Å². The highest BCUT2D eigenvalue weighted by molar-refractivity contribution is 9.10. The summed E-state index contributed by atoms with van der Waals surface area (Å²) in [4.78, 5) is 24.6. The fraction of sp³-hybridized carbons (Fsp3) is 0.538. The fourth-order valence-electron chi connectivity index (χ4n) is 2.07. The third kappa shape index (κ3) is 3.37. The van der Waals surface area contributed by atoms with Crippen LogP contribution < -0.4 is 0 Å². The van der Waals surface area contributed by atoms with Crippen LogP contribution >= 0.6 is 15.9 Å². The molecule has 0 atom stereocenters. The van der Waals surface area contributed by atoms with E-state index in [0.717, 1.165) is 17.3 Å². The predicted octanol–water partition coefficient (Wildman–Crippen LogP) is 2.52. The zero-order chi connectivity index (χ0) is 14.0. The van der Waals surface area contributed by atoms with Crippen molar-refractivity contribution in [2.75, 3.05) is 13.1 Å². The number of hydrogen-bond donors (Lipinski definition) is 1. The Kier molecular flexibility index (Phi) is 4.29. The smallest absolute Gasteiger partial charge is 0.305 e. The first kappa shape index (κ1) is 14.1. The van der Waals surface area contributed by atoms with E-state index in [1.54, 1.807) is 4.90 Å². The number of carbonyl (C=O) groups is 2. The lowest BCUT2D eigenvalue weighted by atomic mass is 10.3. The minimum absolute atomic E-state index is 0.0229. The highest BCUT2D eigenvalue weighted by atomic mass is 79.9. The van der Waals surface area contributed by atoms with E-state index in [4.69, 9.17) is 5.11 Å². The Bertz CT molecular complexity index is 494. The van der Waals surface area contributed by atoms with Gasteiger partial charge in [-0.05, 0) is 41.8 Å². The van der Waals surface area contributed by atoms with Crippen LogP contribution in [-0.4, -0.2) is 39.5 Å². The number of amides is 1. The first-order valence-electron chi connectivity index (χ1n) is 6.41. The van der Waals surface area contributed by atoms with Crippen LogP contribution in [0.15, 0.2) is 16.7 Å². The molecular formula is C13H17BrN2O3. The van der Waals surface area contributed by atoms with Crippen molar-refractivity contribution < 1.29 is 14.7 Å². The number of nitrogens with zero attached hydrogens (tertiary/aromatic N) is 2. The molecule has 0 saturated heterocycles. The number of carboxylic acids is 1. The van der Waals surface area contributed by atoms with E-state index in [1.165, 1.54) is 0 Å². The molecule has 104 valence electrons. The Labute approximate surface area is 120 Å². The van der Waals surface area contributed by atoms with Gasteiger partial charge in [-0.1, -0.05) is 0 Å². The predicted molar refractivity (Wildman–Crippen MR) is 74.2 cm³/mol. The number of carboxylic acid groups (broad SMARTS) is 1. The lowest BCUT2D eigenvalue weighted by Gasteiger charge is -2.20. The van der Waals surface area contributed by atoms with Crippen molar-refractivity contribution >= 4 is 27.8 Å². The van der Waals surface area contributed by atoms with Gasteiger partial charge in [0.25, 0.3) is 5.91 Å². The number of halogens is 1. The molecule has 1 aromatic heterocycles. The molecule has 0 aromatic carbocycles. The maximum Gasteiger partial charge on any atom is 0.305 e. The van der Waals surface area contributed by atoms with Gasteiger partial charge in [0, 0.05) is 29.8 Å². The summed E-state index contributed by atoms with van der Waals surface area (Å²) in [5.41, 5.74) is 0.640. The number of aromatic nitrogens is 1. The van der Waals surface area contributed by atoms with Crippen LogP contribution in [0.3, 0.4) is 0 Å². The van der Waals surface area contributed by atoms with Crippen LogP contribution in [0, 0.1) is 0 Å². The average Bonchev–Trinajstić information content (AvgIpc) is 3.12. The molecule has 0 aliphatic heterocycles. The van der Waals surface area contributed by atoms with Gasteiger partial charge in [-0.15, -0.1) is 0 Å². The molecule has 0 radical (unpaired) electrons. The van der Waals surface area contributed by atoms with Crippen molar-refractivity contribution in [3.8, 4) is 0 Å². The average molecular weight is 329 g/mol. The van der Waals surface area contributed by atoms with Gasteiger partial charge in [-0.3, -0.25) is 9.59 Å². The Morgan fingerprint density at radius 2 is 2.21 bits per heavy atom. The van der Waals surface area contributed by atoms with Crippen LogP contribution in [0.1, 0.15) is 42.7 Å². The summed E-state index contributed by atoms with van der Waals surface area (Å²) < 4.78 is 2.88. The Morgan fingerprint density at radius 3 is 2.74 bits per heavy atom. The summed E-state index contributed by atoms with van der Waals surface area (Å²) in [6, 6.07) is 2.23. The van der Waals surface area contributed by atoms with Crippen molar-refractivity contribution in [1.29, 1.82) is 0 Å². The number of carbonyl (C=O) groups excluding carboxylic acids is 1. The van der Waals surface area contributed by atoms with Gasteiger partial charge in [0.1, 0.15) is 5.69 Å². The molecular weight excluding hydrogens is 312 g/mol. The summed E-state index contributed by atoms with van der Waals surface area (Å²) in [5.74, 6) is -0.980. The maximum absolute atomic E-state index is 12.4. The van der Waals surface area contributed by atoms with Gasteiger partial charge in [0.15, 0.2) is 0 Å². The molecule has 1 saturated carbocycles. The molecule has 1 fully saturated rings. The molecule has 5 nitrogen and oxygen atoms in total. The van der Waals surface area contributed by atoms with E-state index in [0.29, 0.717) is 18.3 Å². The minimum atomic E-state index is -0.884. The van der Waals surface area contributed by atoms with Crippen LogP contribution in [0.4, 0.5) is 0 Å². The molecule has 1 N–H and O–H groups in total. The first-order valence-corrected chi connectivity index (χ1v) is 7.20. The van der Waals surface area contributed by atoms with Gasteiger partial charge >= 0.3 is 5.97 Å². The molecule has 1 amide bonds. The van der Waals surface area contributed by atoms with E-state index in [-0.39, 0.29) is 18.9 Å². The van der Waals surface area contributed by atoms with E-state index in [9.17, 15) is 9.59 Å². The zero-order valence-electron chi connectivity index (χ0n) is 10.8. The largest absolute Gasteiger partial charge is 0.481 e. The molecule has 0 spiro atoms. The van der Waals surface area contributed by atoms with Crippen LogP contribution in [0.2, 0.25) is 0 Å². The molecule has 6 heteroatoms. The van der Waals surface area contributed by atoms with Crippen LogP contribution in [-0.2, 0) is 4.79 Å². The van der Waals surface area contributed by atoms with Gasteiger partial charge in [0.05, 0.1) is 6.42 Å². The summed E-state index contributed by atoms with van der Waals surface area (Å²) in [6.45, 7) is 2.62. The van der Waals surface area contributed by atoms with Crippen LogP contribution in [0.25, 0.3) is 0 Å². The van der Waals surface area contributed by atoms with Crippen molar-refractivity contribution in [1.82, 2.24) is 9.47 Å². The summed E-state index contributed by atoms with van der Waals surface area (Å²) in [7, 11) is 0. The molecule has 1 aliphatic carbocycles. The Morgan fingerprint density at radius 1 is 1.53 bits per heavy atom. The van der Waals surface area contributed by atoms with E-state index in [2.05, 4.69) is 15.9 Å². The minimum Gasteiger partial charge on any atom is -0.481 e. The van der Waals surface area contributed by atoms with E-state index in [1.807, 2.05) is 23.8 Å². The molecule has 1 aromatic rings. The van der Waals surface area contributed by atoms with Gasteiger partial charge < -0.3 is 14.6 Å². The third-order valence-corrected chi connectivity index (χ3v) is 3.67. The van der Waals surface area contributed by atoms with Crippen LogP contribution in [0.5, 0.6) is 0 Å². The molecule has 19 heavy (non-hydrogen) atoms. The van der Waals surface area contributed by atoms with Gasteiger partial charge in [-0.2, -0.15) is 0 Å². The fourth-order valence-corrected chi connectivity index (χ4v) is 2.51. The number of rotatable bonds is 6. The normalized spacial score (nSPS) is 14.4. The number of hydrogen-bond acceptors (Lipinski definition) is 2. The first-order chi connectivity index (χ1) is 9.02. The van der Waals surface area contributed by atoms with Crippen molar-refractivity contribution in [3.05, 3.63) is 22.4 Å². The Hall–Kier alpha value is -1.30. The second-order valence-corrected chi connectivity index (χ2v) is 5.63. The standard InChI is InChI=1S/C13H17BrN2O3/c1-2-15(6-5-12(17)18)13(19)11-7-9(14)8-16(11)10-3-4-10/h7-8,10H,2-6H2,1H3,(H,17,18). The van der Waals surface area contributed by atoms with E-state index >= 15 is 0 Å². The molecule has 2 rings (SSSR count). The Balaban J connectivity index is 2.14. The molecule has 0 unspecified atom stereocenters. The zero-order valence-corrected chi connectivity index (χ0v) is 12.4. The second-order valence-electron chi connectivity index (χ2n) is 4.71. The molecule has 1 heterocycles. The lowest BCUT2D eigenvalue weighted by Crippen LogP contribution is -2.34. The monoisotopic (exact) mass is 328 g/mol. The van der Waals surface area contributed by atoms with Gasteiger partial charge in [0.2, 0.25) is 0 Å². The third-order valence-electron chi connectivity index (χ3n) is 3.24. The molecule has 1 aliphatic rings. The topological polar surface area (TPSA) is 62.5 Å². The SMILES string of the molecule is CCN(CCC(=O)O)C(=O)c1cc(Br)cn1C1CC1.